The van der Waals surface area contributed by atoms with Crippen LogP contribution in [-0.4, -0.2) is 40.5 Å². The SMILES string of the molecule is O=C(O)C=Cc1cc(Cl)c(-c2ccc(O)c(C34CC5CC(CC(C5)C3)C4)c2)c(OCCCNC(=O)O)c1. The molecule has 1 amide bonds. The number of carbonyl (C=O) groups is 2. The van der Waals surface area contributed by atoms with E-state index in [4.69, 9.17) is 26.6 Å². The van der Waals surface area contributed by atoms with Crippen molar-refractivity contribution in [3.05, 3.63) is 52.6 Å². The maximum absolute atomic E-state index is 11.0. The van der Waals surface area contributed by atoms with Gasteiger partial charge in [0.1, 0.15) is 11.5 Å². The van der Waals surface area contributed by atoms with Crippen LogP contribution in [0.15, 0.2) is 36.4 Å². The predicted molar refractivity (Wildman–Crippen MR) is 141 cm³/mol. The number of phenols is 1. The number of rotatable bonds is 9. The highest BCUT2D eigenvalue weighted by Gasteiger charge is 2.52. The number of amides is 1. The molecule has 0 spiro atoms. The van der Waals surface area contributed by atoms with Gasteiger partial charge in [0.15, 0.2) is 0 Å². The molecule has 4 aliphatic carbocycles. The lowest BCUT2D eigenvalue weighted by Gasteiger charge is -2.57. The molecule has 6 rings (SSSR count). The summed E-state index contributed by atoms with van der Waals surface area (Å²) in [5.41, 5.74) is 3.07. The van der Waals surface area contributed by atoms with Crippen LogP contribution in [0.3, 0.4) is 0 Å². The van der Waals surface area contributed by atoms with E-state index in [9.17, 15) is 14.7 Å². The quantitative estimate of drug-likeness (QED) is 0.225. The summed E-state index contributed by atoms with van der Waals surface area (Å²) in [7, 11) is 0. The molecular formula is C29H32ClNO6. The van der Waals surface area contributed by atoms with Crippen molar-refractivity contribution in [2.45, 2.75) is 50.4 Å². The standard InChI is InChI=1S/C29H32ClNO6/c30-23-11-17(2-5-26(33)34)12-25(37-7-1-6-31-28(35)36)27(23)21-3-4-24(32)22(13-21)29-14-18-8-19(15-29)10-20(9-18)16-29/h2-5,11-13,18-20,31-32H,1,6-10,14-16H2,(H,33,34)(H,35,36). The van der Waals surface area contributed by atoms with Crippen molar-refractivity contribution in [3.8, 4) is 22.6 Å². The van der Waals surface area contributed by atoms with E-state index < -0.39 is 12.1 Å². The van der Waals surface area contributed by atoms with Gasteiger partial charge in [-0.2, -0.15) is 0 Å². The van der Waals surface area contributed by atoms with Crippen LogP contribution >= 0.6 is 11.6 Å². The number of aliphatic carboxylic acids is 1. The first-order valence-electron chi connectivity index (χ1n) is 12.9. The van der Waals surface area contributed by atoms with Gasteiger partial charge in [-0.1, -0.05) is 17.7 Å². The Morgan fingerprint density at radius 3 is 2.35 bits per heavy atom. The largest absolute Gasteiger partial charge is 0.508 e. The smallest absolute Gasteiger partial charge is 0.404 e. The zero-order chi connectivity index (χ0) is 26.2. The fraction of sp³-hybridized carbons (Fsp3) is 0.448. The van der Waals surface area contributed by atoms with Gasteiger partial charge in [-0.05, 0) is 110 Å². The maximum Gasteiger partial charge on any atom is 0.404 e. The van der Waals surface area contributed by atoms with Gasteiger partial charge in [0, 0.05) is 23.7 Å². The van der Waals surface area contributed by atoms with Crippen molar-refractivity contribution >= 4 is 29.7 Å². The van der Waals surface area contributed by atoms with Gasteiger partial charge in [-0.3, -0.25) is 0 Å². The van der Waals surface area contributed by atoms with Crippen molar-refractivity contribution in [3.63, 3.8) is 0 Å². The highest BCUT2D eigenvalue weighted by atomic mass is 35.5. The molecule has 4 bridgehead atoms. The van der Waals surface area contributed by atoms with Gasteiger partial charge in [-0.25, -0.2) is 9.59 Å². The molecular weight excluding hydrogens is 494 g/mol. The van der Waals surface area contributed by atoms with Gasteiger partial charge < -0.3 is 25.4 Å². The summed E-state index contributed by atoms with van der Waals surface area (Å²) in [6.45, 7) is 0.488. The topological polar surface area (TPSA) is 116 Å². The molecule has 0 aromatic heterocycles. The van der Waals surface area contributed by atoms with Crippen LogP contribution in [0.2, 0.25) is 5.02 Å². The van der Waals surface area contributed by atoms with E-state index in [1.54, 1.807) is 18.2 Å². The summed E-state index contributed by atoms with van der Waals surface area (Å²) in [5, 5.41) is 31.6. The molecule has 0 saturated heterocycles. The molecule has 4 aliphatic rings. The highest BCUT2D eigenvalue weighted by Crippen LogP contribution is 2.62. The fourth-order valence-corrected chi connectivity index (χ4v) is 7.59. The molecule has 37 heavy (non-hydrogen) atoms. The minimum Gasteiger partial charge on any atom is -0.508 e. The zero-order valence-corrected chi connectivity index (χ0v) is 21.3. The van der Waals surface area contributed by atoms with E-state index in [0.717, 1.165) is 54.2 Å². The number of halogens is 1. The summed E-state index contributed by atoms with van der Waals surface area (Å²) in [6.07, 6.45) is 9.13. The van der Waals surface area contributed by atoms with Crippen molar-refractivity contribution in [1.82, 2.24) is 5.32 Å². The summed E-state index contributed by atoms with van der Waals surface area (Å²) < 4.78 is 6.06. The first kappa shape index (κ1) is 25.5. The normalized spacial score (nSPS) is 25.9. The molecule has 7 nitrogen and oxygen atoms in total. The Morgan fingerprint density at radius 2 is 1.73 bits per heavy atom. The molecule has 0 aliphatic heterocycles. The average molecular weight is 526 g/mol. The Kier molecular flexibility index (Phi) is 7.08. The van der Waals surface area contributed by atoms with Gasteiger partial charge in [0.05, 0.1) is 11.6 Å². The summed E-state index contributed by atoms with van der Waals surface area (Å²) in [5.74, 6) is 1.94. The molecule has 2 aromatic rings. The minimum atomic E-state index is -1.09. The molecule has 0 heterocycles. The van der Waals surface area contributed by atoms with Gasteiger partial charge in [0.2, 0.25) is 0 Å². The zero-order valence-electron chi connectivity index (χ0n) is 20.6. The molecule has 8 heteroatoms. The Morgan fingerprint density at radius 1 is 1.05 bits per heavy atom. The van der Waals surface area contributed by atoms with Gasteiger partial charge in [-0.15, -0.1) is 0 Å². The number of ether oxygens (including phenoxy) is 1. The van der Waals surface area contributed by atoms with Crippen molar-refractivity contribution in [2.75, 3.05) is 13.2 Å². The van der Waals surface area contributed by atoms with Crippen molar-refractivity contribution in [2.24, 2.45) is 17.8 Å². The number of carboxylic acid groups (broad SMARTS) is 2. The third kappa shape index (κ3) is 5.42. The summed E-state index contributed by atoms with van der Waals surface area (Å²) >= 11 is 6.76. The fourth-order valence-electron chi connectivity index (χ4n) is 7.27. The lowest BCUT2D eigenvalue weighted by molar-refractivity contribution is -0.131. The third-order valence-corrected chi connectivity index (χ3v) is 8.54. The number of benzene rings is 2. The summed E-state index contributed by atoms with van der Waals surface area (Å²) in [4.78, 5) is 21.8. The second kappa shape index (κ2) is 10.3. The van der Waals surface area contributed by atoms with E-state index in [1.807, 2.05) is 6.07 Å². The lowest BCUT2D eigenvalue weighted by Crippen LogP contribution is -2.48. The number of hydrogen-bond donors (Lipinski definition) is 4. The second-order valence-corrected chi connectivity index (χ2v) is 11.3. The van der Waals surface area contributed by atoms with Crippen LogP contribution in [0.4, 0.5) is 4.79 Å². The Labute approximate surface area is 221 Å². The van der Waals surface area contributed by atoms with E-state index in [-0.39, 0.29) is 18.6 Å². The monoisotopic (exact) mass is 525 g/mol. The third-order valence-electron chi connectivity index (χ3n) is 8.24. The summed E-state index contributed by atoms with van der Waals surface area (Å²) in [6, 6.07) is 9.09. The molecule has 2 aromatic carbocycles. The lowest BCUT2D eigenvalue weighted by atomic mass is 9.48. The van der Waals surface area contributed by atoms with Crippen LogP contribution in [-0.2, 0) is 10.2 Å². The molecule has 0 atom stereocenters. The molecule has 196 valence electrons. The number of nitrogens with one attached hydrogen (secondary N) is 1. The first-order chi connectivity index (χ1) is 17.7. The van der Waals surface area contributed by atoms with Gasteiger partial charge >= 0.3 is 12.1 Å². The predicted octanol–water partition coefficient (Wildman–Crippen LogP) is 6.31. The van der Waals surface area contributed by atoms with E-state index >= 15 is 0 Å². The molecule has 0 unspecified atom stereocenters. The maximum atomic E-state index is 11.0. The van der Waals surface area contributed by atoms with Gasteiger partial charge in [0.25, 0.3) is 0 Å². The Balaban J connectivity index is 1.50. The van der Waals surface area contributed by atoms with E-state index in [0.29, 0.717) is 34.1 Å². The second-order valence-electron chi connectivity index (χ2n) is 10.9. The van der Waals surface area contributed by atoms with E-state index in [2.05, 4.69) is 11.4 Å². The number of aromatic hydroxyl groups is 1. The van der Waals surface area contributed by atoms with Crippen LogP contribution in [0, 0.1) is 17.8 Å². The minimum absolute atomic E-state index is 0.00495. The molecule has 4 saturated carbocycles. The Bertz CT molecular complexity index is 1200. The molecule has 0 radical (unpaired) electrons. The number of phenolic OH excluding ortho intramolecular Hbond substituents is 1. The number of carboxylic acids is 1. The average Bonchev–Trinajstić information content (AvgIpc) is 2.82. The van der Waals surface area contributed by atoms with Crippen molar-refractivity contribution < 1.29 is 29.6 Å². The molecule has 4 fully saturated rings. The van der Waals surface area contributed by atoms with Crippen LogP contribution < -0.4 is 10.1 Å². The Hall–Kier alpha value is -3.19. The van der Waals surface area contributed by atoms with Crippen LogP contribution in [0.5, 0.6) is 11.5 Å². The first-order valence-corrected chi connectivity index (χ1v) is 13.3. The highest BCUT2D eigenvalue weighted by molar-refractivity contribution is 6.34. The van der Waals surface area contributed by atoms with Crippen LogP contribution in [0.25, 0.3) is 17.2 Å². The van der Waals surface area contributed by atoms with E-state index in [1.165, 1.54) is 25.3 Å². The molecule has 4 N–H and O–H groups in total. The number of hydrogen-bond acceptors (Lipinski definition) is 4. The van der Waals surface area contributed by atoms with Crippen LogP contribution in [0.1, 0.15) is 56.1 Å². The van der Waals surface area contributed by atoms with Crippen molar-refractivity contribution in [1.29, 1.82) is 0 Å².